The lowest BCUT2D eigenvalue weighted by Gasteiger charge is -2.20. The van der Waals surface area contributed by atoms with Gasteiger partial charge in [-0.1, -0.05) is 93.6 Å². The molecule has 2 aromatic carbocycles. The lowest BCUT2D eigenvalue weighted by atomic mass is 9.98. The molecule has 1 aromatic heterocycles. The quantitative estimate of drug-likeness (QED) is 0.0793. The van der Waals surface area contributed by atoms with Crippen molar-refractivity contribution in [3.63, 3.8) is 0 Å². The number of thiazole rings is 1. The van der Waals surface area contributed by atoms with Gasteiger partial charge in [0.2, 0.25) is 5.76 Å². The summed E-state index contributed by atoms with van der Waals surface area (Å²) in [6.45, 7) is 2.24. The Bertz CT molecular complexity index is 1420. The minimum Gasteiger partial charge on any atom is -0.496 e. The molecule has 3 aromatic rings. The highest BCUT2D eigenvalue weighted by molar-refractivity contribution is 7.14. The van der Waals surface area contributed by atoms with Gasteiger partial charge in [0, 0.05) is 34.7 Å². The molecule has 0 saturated carbocycles. The maximum Gasteiger partial charge on any atom is 0.371 e. The van der Waals surface area contributed by atoms with Crippen LogP contribution in [0.15, 0.2) is 41.5 Å². The largest absolute Gasteiger partial charge is 0.496 e. The first-order valence-electron chi connectivity index (χ1n) is 14.7. The molecule has 0 aliphatic rings. The van der Waals surface area contributed by atoms with Crippen LogP contribution in [0.1, 0.15) is 92.3 Å². The first-order valence-corrected chi connectivity index (χ1v) is 16.3. The molecule has 0 fully saturated rings. The monoisotopic (exact) mass is 662 g/mol. The third-order valence-corrected chi connectivity index (χ3v) is 8.63. The minimum atomic E-state index is -1.27. The van der Waals surface area contributed by atoms with Gasteiger partial charge in [-0.05, 0) is 30.7 Å². The Kier molecular flexibility index (Phi) is 14.5. The van der Waals surface area contributed by atoms with E-state index in [9.17, 15) is 14.7 Å². The highest BCUT2D eigenvalue weighted by Gasteiger charge is 2.21. The summed E-state index contributed by atoms with van der Waals surface area (Å²) in [4.78, 5) is 29.0. The zero-order valence-corrected chi connectivity index (χ0v) is 27.9. The molecule has 0 bridgehead atoms. The number of anilines is 1. The van der Waals surface area contributed by atoms with E-state index in [-0.39, 0.29) is 33.0 Å². The van der Waals surface area contributed by atoms with Gasteiger partial charge in [-0.3, -0.25) is 10.1 Å². The number of amides is 1. The number of nitrogens with one attached hydrogen (secondary N) is 1. The van der Waals surface area contributed by atoms with Crippen molar-refractivity contribution in [1.29, 1.82) is 0 Å². The summed E-state index contributed by atoms with van der Waals surface area (Å²) in [5.74, 6) is -1.39. The lowest BCUT2D eigenvalue weighted by Crippen LogP contribution is -2.12. The van der Waals surface area contributed by atoms with E-state index in [4.69, 9.17) is 37.4 Å². The number of unbranched alkanes of at least 4 members (excludes halogenated alkanes) is 7. The number of para-hydroxylation sites is 1. The van der Waals surface area contributed by atoms with E-state index in [1.807, 2.05) is 23.6 Å². The summed E-state index contributed by atoms with van der Waals surface area (Å²) in [5, 5.41) is 14.4. The van der Waals surface area contributed by atoms with Gasteiger partial charge in [-0.25, -0.2) is 9.78 Å². The number of hydrogen-bond donors (Lipinski definition) is 2. The standard InChI is InChI=1S/C33H40Cl2N2O6S/c1-5-6-7-8-9-10-11-12-16-28(41-2)23-15-13-14-22(30(23)43-4)27-20-44-33(36-27)37-31(38)21-17-25(34)24(26(35)18-21)19-29(42-3)32(39)40/h13-15,17-20,28H,5-12,16H2,1-4H3,(H,39,40)(H,36,37,38)/b29-19-. The number of ether oxygens (including phenoxy) is 3. The molecule has 1 unspecified atom stereocenters. The Labute approximate surface area is 273 Å². The molecule has 0 aliphatic heterocycles. The van der Waals surface area contributed by atoms with Crippen molar-refractivity contribution in [2.45, 2.75) is 70.8 Å². The third-order valence-electron chi connectivity index (χ3n) is 7.25. The average Bonchev–Trinajstić information content (AvgIpc) is 3.47. The zero-order valence-electron chi connectivity index (χ0n) is 25.6. The molecule has 1 amide bonds. The summed E-state index contributed by atoms with van der Waals surface area (Å²) < 4.78 is 16.6. The molecule has 44 heavy (non-hydrogen) atoms. The number of carboxylic acid groups (broad SMARTS) is 1. The smallest absolute Gasteiger partial charge is 0.371 e. The van der Waals surface area contributed by atoms with Crippen LogP contribution in [0, 0.1) is 0 Å². The molecule has 0 saturated heterocycles. The summed E-state index contributed by atoms with van der Waals surface area (Å²) >= 11 is 13.9. The van der Waals surface area contributed by atoms with Crippen LogP contribution in [0.5, 0.6) is 5.75 Å². The van der Waals surface area contributed by atoms with Crippen LogP contribution >= 0.6 is 34.5 Å². The number of methoxy groups -OCH3 is 3. The molecule has 238 valence electrons. The Morgan fingerprint density at radius 2 is 1.68 bits per heavy atom. The number of nitrogens with zero attached hydrogens (tertiary/aromatic N) is 1. The Morgan fingerprint density at radius 3 is 2.27 bits per heavy atom. The van der Waals surface area contributed by atoms with Crippen molar-refractivity contribution in [2.24, 2.45) is 0 Å². The molecule has 0 aliphatic carbocycles. The number of carbonyl (C=O) groups is 2. The molecular weight excluding hydrogens is 623 g/mol. The second-order valence-corrected chi connectivity index (χ2v) is 12.0. The van der Waals surface area contributed by atoms with E-state index >= 15 is 0 Å². The van der Waals surface area contributed by atoms with Crippen molar-refractivity contribution in [2.75, 3.05) is 26.6 Å². The van der Waals surface area contributed by atoms with Crippen LogP contribution in [0.2, 0.25) is 10.0 Å². The number of halogens is 2. The maximum absolute atomic E-state index is 13.0. The number of benzene rings is 2. The second-order valence-electron chi connectivity index (χ2n) is 10.3. The zero-order chi connectivity index (χ0) is 32.1. The summed E-state index contributed by atoms with van der Waals surface area (Å²) in [5.41, 5.74) is 2.83. The summed E-state index contributed by atoms with van der Waals surface area (Å²) in [6.07, 6.45) is 12.0. The van der Waals surface area contributed by atoms with E-state index < -0.39 is 11.9 Å². The molecule has 8 nitrogen and oxygen atoms in total. The van der Waals surface area contributed by atoms with Crippen molar-refractivity contribution < 1.29 is 28.9 Å². The Hall–Kier alpha value is -3.11. The predicted octanol–water partition coefficient (Wildman–Crippen LogP) is 9.67. The minimum absolute atomic E-state index is 0.0968. The lowest BCUT2D eigenvalue weighted by molar-refractivity contribution is -0.135. The Morgan fingerprint density at radius 1 is 1.02 bits per heavy atom. The number of carboxylic acids is 1. The van der Waals surface area contributed by atoms with Crippen molar-refractivity contribution in [1.82, 2.24) is 4.98 Å². The van der Waals surface area contributed by atoms with E-state index in [0.29, 0.717) is 16.6 Å². The van der Waals surface area contributed by atoms with E-state index in [0.717, 1.165) is 24.0 Å². The summed E-state index contributed by atoms with van der Waals surface area (Å²) in [7, 11) is 4.59. The highest BCUT2D eigenvalue weighted by Crippen LogP contribution is 2.40. The van der Waals surface area contributed by atoms with Crippen LogP contribution in [0.4, 0.5) is 5.13 Å². The van der Waals surface area contributed by atoms with Crippen molar-refractivity contribution in [3.05, 3.63) is 68.2 Å². The molecule has 1 atom stereocenters. The first kappa shape index (κ1) is 35.4. The van der Waals surface area contributed by atoms with Crippen molar-refractivity contribution in [3.8, 4) is 17.0 Å². The number of aliphatic carboxylic acids is 1. The second kappa shape index (κ2) is 18.0. The van der Waals surface area contributed by atoms with Gasteiger partial charge in [0.25, 0.3) is 5.91 Å². The van der Waals surface area contributed by atoms with Gasteiger partial charge in [-0.2, -0.15) is 0 Å². The Balaban J connectivity index is 1.72. The molecule has 0 spiro atoms. The van der Waals surface area contributed by atoms with Gasteiger partial charge in [0.05, 0.1) is 36.1 Å². The molecular formula is C33H40Cl2N2O6S. The van der Waals surface area contributed by atoms with Crippen molar-refractivity contribution >= 4 is 57.6 Å². The number of rotatable bonds is 18. The van der Waals surface area contributed by atoms with E-state index in [2.05, 4.69) is 17.2 Å². The number of aromatic nitrogens is 1. The molecule has 0 radical (unpaired) electrons. The third kappa shape index (κ3) is 9.69. The van der Waals surface area contributed by atoms with Gasteiger partial charge >= 0.3 is 5.97 Å². The van der Waals surface area contributed by atoms with Crippen LogP contribution in [0.25, 0.3) is 17.3 Å². The molecule has 3 rings (SSSR count). The van der Waals surface area contributed by atoms with Gasteiger partial charge in [0.1, 0.15) is 5.75 Å². The maximum atomic E-state index is 13.0. The van der Waals surface area contributed by atoms with Crippen LogP contribution in [-0.4, -0.2) is 43.3 Å². The number of carbonyl (C=O) groups excluding carboxylic acids is 1. The topological polar surface area (TPSA) is 107 Å². The first-order chi connectivity index (χ1) is 21.2. The van der Waals surface area contributed by atoms with Crippen LogP contribution in [0.3, 0.4) is 0 Å². The molecule has 11 heteroatoms. The van der Waals surface area contributed by atoms with Crippen LogP contribution in [-0.2, 0) is 14.3 Å². The van der Waals surface area contributed by atoms with Gasteiger partial charge in [0.15, 0.2) is 5.13 Å². The van der Waals surface area contributed by atoms with Crippen LogP contribution < -0.4 is 10.1 Å². The predicted molar refractivity (Wildman–Crippen MR) is 178 cm³/mol. The van der Waals surface area contributed by atoms with Gasteiger partial charge < -0.3 is 19.3 Å². The highest BCUT2D eigenvalue weighted by atomic mass is 35.5. The summed E-state index contributed by atoms with van der Waals surface area (Å²) in [6, 6.07) is 8.73. The SMILES string of the molecule is CCCCCCCCCCC(OC)c1cccc(-c2csc(NC(=O)c3cc(Cl)c(/C=C(\OC)C(=O)O)c(Cl)c3)n2)c1OC. The normalized spacial score (nSPS) is 12.2. The van der Waals surface area contributed by atoms with E-state index in [1.54, 1.807) is 14.2 Å². The molecule has 2 N–H and O–H groups in total. The number of hydrogen-bond acceptors (Lipinski definition) is 7. The fourth-order valence-electron chi connectivity index (χ4n) is 4.92. The van der Waals surface area contributed by atoms with Gasteiger partial charge in [-0.15, -0.1) is 11.3 Å². The molecule has 1 heterocycles. The fourth-order valence-corrected chi connectivity index (χ4v) is 6.22. The fraction of sp³-hybridized carbons (Fsp3) is 0.424. The average molecular weight is 664 g/mol. The van der Waals surface area contributed by atoms with E-state index in [1.165, 1.54) is 81.6 Å².